The fourth-order valence-corrected chi connectivity index (χ4v) is 17.4. The number of aromatic nitrogens is 2. The van der Waals surface area contributed by atoms with Crippen LogP contribution in [-0.2, 0) is 46.3 Å². The number of benzene rings is 1. The Balaban J connectivity index is 1.75. The first-order chi connectivity index (χ1) is 20.3. The Bertz CT molecular complexity index is 1380. The normalized spacial score (nSPS) is 25.4. The molecule has 1 aromatic heterocycles. The van der Waals surface area contributed by atoms with Crippen LogP contribution in [-0.4, -0.2) is 62.6 Å². The van der Waals surface area contributed by atoms with Crippen LogP contribution in [0, 0.1) is 0 Å². The van der Waals surface area contributed by atoms with Crippen molar-refractivity contribution in [1.29, 1.82) is 0 Å². The Morgan fingerprint density at radius 1 is 0.930 bits per heavy atom. The standard InChI is InChI=1S/C30H46N2O9Si2/c1-20(2)42(21(3)4)38-17-25-27(40-43(41-42,22(5)6)23(7)8)28(35)30(18-33,39-25)32-15-14-26(34)31(29(32)36)19-37-16-24-12-10-9-11-13-24/h9-15,20-23,25,27,33H,16-19H2,1-8H3/t25-,27-,30-/m1/s1. The Morgan fingerprint density at radius 2 is 1.53 bits per heavy atom. The molecule has 0 unspecified atom stereocenters. The van der Waals surface area contributed by atoms with Gasteiger partial charge in [0.15, 0.2) is 0 Å². The average Bonchev–Trinajstić information content (AvgIpc) is 3.20. The molecule has 2 aliphatic heterocycles. The largest absolute Gasteiger partial charge is 0.414 e. The number of hydrogen-bond acceptors (Lipinski definition) is 9. The molecule has 238 valence electrons. The molecule has 2 aliphatic rings. The van der Waals surface area contributed by atoms with Crippen LogP contribution < -0.4 is 11.2 Å². The molecule has 1 aromatic carbocycles. The predicted octanol–water partition coefficient (Wildman–Crippen LogP) is 3.75. The summed E-state index contributed by atoms with van der Waals surface area (Å²) >= 11 is 0. The molecule has 13 heteroatoms. The number of aliphatic hydroxyl groups excluding tert-OH is 1. The summed E-state index contributed by atoms with van der Waals surface area (Å²) in [6, 6.07) is 10.5. The summed E-state index contributed by atoms with van der Waals surface area (Å²) in [4.78, 5) is 40.7. The van der Waals surface area contributed by atoms with Gasteiger partial charge < -0.3 is 27.5 Å². The van der Waals surface area contributed by atoms with E-state index in [4.69, 9.17) is 22.4 Å². The summed E-state index contributed by atoms with van der Waals surface area (Å²) in [6.45, 7) is 15.5. The molecule has 0 aliphatic carbocycles. The molecule has 0 amide bonds. The third kappa shape index (κ3) is 5.93. The van der Waals surface area contributed by atoms with Gasteiger partial charge in [-0.3, -0.25) is 14.2 Å². The molecule has 3 heterocycles. The maximum atomic E-state index is 14.3. The summed E-state index contributed by atoms with van der Waals surface area (Å²) < 4.78 is 34.6. The molecule has 0 bridgehead atoms. The number of nitrogens with zero attached hydrogens (tertiary/aromatic N) is 2. The van der Waals surface area contributed by atoms with E-state index in [1.54, 1.807) is 0 Å². The van der Waals surface area contributed by atoms with Crippen molar-refractivity contribution in [1.82, 2.24) is 9.13 Å². The first kappa shape index (κ1) is 33.7. The Kier molecular flexibility index (Phi) is 10.2. The van der Waals surface area contributed by atoms with E-state index in [9.17, 15) is 19.5 Å². The highest BCUT2D eigenvalue weighted by molar-refractivity contribution is 6.84. The third-order valence-electron chi connectivity index (χ3n) is 8.65. The van der Waals surface area contributed by atoms with E-state index in [2.05, 4.69) is 27.7 Å². The van der Waals surface area contributed by atoms with Gasteiger partial charge in [-0.2, -0.15) is 0 Å². The first-order valence-corrected chi connectivity index (χ1v) is 19.0. The smallest absolute Gasteiger partial charge is 0.335 e. The Morgan fingerprint density at radius 3 is 2.09 bits per heavy atom. The number of rotatable bonds is 10. The number of hydrogen-bond donors (Lipinski definition) is 1. The Labute approximate surface area is 255 Å². The van der Waals surface area contributed by atoms with Crippen LogP contribution in [0.5, 0.6) is 0 Å². The second-order valence-corrected chi connectivity index (χ2v) is 21.5. The van der Waals surface area contributed by atoms with Crippen molar-refractivity contribution in [3.05, 3.63) is 69.0 Å². The lowest BCUT2D eigenvalue weighted by Crippen LogP contribution is -2.65. The third-order valence-corrected chi connectivity index (χ3v) is 18.9. The quantitative estimate of drug-likeness (QED) is 0.389. The highest BCUT2D eigenvalue weighted by Gasteiger charge is 2.65. The van der Waals surface area contributed by atoms with E-state index in [-0.39, 0.29) is 42.1 Å². The lowest BCUT2D eigenvalue weighted by atomic mass is 10.1. The molecule has 2 fully saturated rings. The average molecular weight is 635 g/mol. The fourth-order valence-electron chi connectivity index (χ4n) is 6.24. The molecule has 11 nitrogen and oxygen atoms in total. The van der Waals surface area contributed by atoms with Crippen LogP contribution in [0.15, 0.2) is 52.2 Å². The summed E-state index contributed by atoms with van der Waals surface area (Å²) in [5, 5.41) is 10.7. The van der Waals surface area contributed by atoms with Gasteiger partial charge in [-0.05, 0) is 27.7 Å². The highest BCUT2D eigenvalue weighted by atomic mass is 28.5. The van der Waals surface area contributed by atoms with Gasteiger partial charge in [-0.1, -0.05) is 85.7 Å². The van der Waals surface area contributed by atoms with Crippen molar-refractivity contribution in [2.75, 3.05) is 13.2 Å². The fraction of sp³-hybridized carbons (Fsp3) is 0.633. The van der Waals surface area contributed by atoms with Crippen LogP contribution in [0.4, 0.5) is 0 Å². The number of fused-ring (bicyclic) bond motifs is 1. The van der Waals surface area contributed by atoms with Crippen molar-refractivity contribution < 1.29 is 32.3 Å². The zero-order chi connectivity index (χ0) is 31.7. The monoisotopic (exact) mass is 634 g/mol. The van der Waals surface area contributed by atoms with Gasteiger partial charge in [0.1, 0.15) is 18.9 Å². The first-order valence-electron chi connectivity index (χ1n) is 15.0. The van der Waals surface area contributed by atoms with Crippen LogP contribution >= 0.6 is 0 Å². The predicted molar refractivity (Wildman–Crippen MR) is 165 cm³/mol. The van der Waals surface area contributed by atoms with Crippen molar-refractivity contribution in [2.24, 2.45) is 0 Å². The molecule has 3 atom stereocenters. The second kappa shape index (κ2) is 13.0. The molecule has 0 spiro atoms. The zero-order valence-corrected chi connectivity index (χ0v) is 28.4. The van der Waals surface area contributed by atoms with E-state index in [0.717, 1.165) is 20.8 Å². The van der Waals surface area contributed by atoms with Gasteiger partial charge in [0.05, 0.1) is 19.8 Å². The summed E-state index contributed by atoms with van der Waals surface area (Å²) in [5.74, 6) is -0.619. The number of Topliss-reactive ketones (excluding diaryl/α,β-unsaturated/α-hetero) is 1. The summed E-state index contributed by atoms with van der Waals surface area (Å²) in [5.41, 5.74) is -2.62. The SMILES string of the molecule is CC(C)[Si]1(C(C)C)OC[C@H]2O[C@@](CO)(n3ccc(=O)n(COCc4ccccc4)c3=O)C(=O)[C@@H]2O[Si](C(C)C)(C(C)C)O1. The lowest BCUT2D eigenvalue weighted by Gasteiger charge is -2.50. The van der Waals surface area contributed by atoms with Gasteiger partial charge >= 0.3 is 22.8 Å². The highest BCUT2D eigenvalue weighted by Crippen LogP contribution is 2.48. The van der Waals surface area contributed by atoms with Crippen LogP contribution in [0.25, 0.3) is 0 Å². The second-order valence-electron chi connectivity index (χ2n) is 12.7. The van der Waals surface area contributed by atoms with E-state index < -0.39 is 58.7 Å². The van der Waals surface area contributed by atoms with Gasteiger partial charge in [-0.25, -0.2) is 9.36 Å². The topological polar surface area (TPSA) is 127 Å². The van der Waals surface area contributed by atoms with Crippen molar-refractivity contribution in [2.45, 2.75) is 109 Å². The minimum Gasteiger partial charge on any atom is -0.414 e. The molecular formula is C30H46N2O9Si2. The molecule has 2 saturated heterocycles. The van der Waals surface area contributed by atoms with Crippen molar-refractivity contribution in [3.63, 3.8) is 0 Å². The number of ketones is 1. The molecule has 2 aromatic rings. The number of ether oxygens (including phenoxy) is 2. The Hall–Kier alpha value is -2.24. The molecule has 4 rings (SSSR count). The van der Waals surface area contributed by atoms with Crippen molar-refractivity contribution in [3.8, 4) is 0 Å². The number of carbonyl (C=O) groups excluding carboxylic acids is 1. The maximum Gasteiger partial charge on any atom is 0.335 e. The van der Waals surface area contributed by atoms with Gasteiger partial charge in [-0.15, -0.1) is 0 Å². The molecule has 1 N–H and O–H groups in total. The van der Waals surface area contributed by atoms with Gasteiger partial charge in [0, 0.05) is 12.3 Å². The van der Waals surface area contributed by atoms with Crippen molar-refractivity contribution >= 4 is 22.9 Å². The lowest BCUT2D eigenvalue weighted by molar-refractivity contribution is -0.162. The van der Waals surface area contributed by atoms with Gasteiger partial charge in [0.2, 0.25) is 11.5 Å². The minimum atomic E-state index is -3.18. The molecule has 0 saturated carbocycles. The number of aliphatic hydroxyl groups is 1. The van der Waals surface area contributed by atoms with E-state index in [1.807, 2.05) is 58.0 Å². The van der Waals surface area contributed by atoms with E-state index in [0.29, 0.717) is 0 Å². The van der Waals surface area contributed by atoms with Crippen LogP contribution in [0.1, 0.15) is 61.0 Å². The van der Waals surface area contributed by atoms with Crippen LogP contribution in [0.3, 0.4) is 0 Å². The number of carbonyl (C=O) groups is 1. The van der Waals surface area contributed by atoms with E-state index in [1.165, 1.54) is 6.20 Å². The summed E-state index contributed by atoms with van der Waals surface area (Å²) in [7, 11) is -6.09. The molecule has 43 heavy (non-hydrogen) atoms. The van der Waals surface area contributed by atoms with E-state index >= 15 is 0 Å². The zero-order valence-electron chi connectivity index (χ0n) is 26.4. The minimum absolute atomic E-state index is 0.00398. The maximum absolute atomic E-state index is 14.3. The molecule has 0 radical (unpaired) electrons. The molecular weight excluding hydrogens is 589 g/mol. The van der Waals surface area contributed by atoms with Gasteiger partial charge in [0.25, 0.3) is 5.56 Å². The van der Waals surface area contributed by atoms with Crippen LogP contribution in [0.2, 0.25) is 22.2 Å². The summed E-state index contributed by atoms with van der Waals surface area (Å²) in [6.07, 6.45) is -0.866.